The highest BCUT2D eigenvalue weighted by Gasteiger charge is 2.16. The minimum absolute atomic E-state index is 0.688. The number of aromatic nitrogens is 5. The van der Waals surface area contributed by atoms with E-state index in [4.69, 9.17) is 16.6 Å². The lowest BCUT2D eigenvalue weighted by Crippen LogP contribution is -2.04. The standard InChI is InChI=1S/C24H18ClN5S2/c25-20-10-8-18(9-11-20)23-27-21(15-31-23)16-32-24-29-28-22(19-7-4-12-26-13-19)30(24)14-17-5-2-1-3-6-17/h1-13,15H,14,16H2. The predicted molar refractivity (Wildman–Crippen MR) is 131 cm³/mol. The zero-order valence-electron chi connectivity index (χ0n) is 16.9. The number of benzene rings is 2. The highest BCUT2D eigenvalue weighted by Crippen LogP contribution is 2.30. The van der Waals surface area contributed by atoms with Crippen LogP contribution in [0.1, 0.15) is 11.3 Å². The smallest absolute Gasteiger partial charge is 0.192 e. The van der Waals surface area contributed by atoms with Gasteiger partial charge in [0.2, 0.25) is 0 Å². The van der Waals surface area contributed by atoms with Crippen LogP contribution in [0.3, 0.4) is 0 Å². The molecule has 0 aliphatic heterocycles. The summed E-state index contributed by atoms with van der Waals surface area (Å²) in [6.45, 7) is 0.688. The van der Waals surface area contributed by atoms with E-state index in [-0.39, 0.29) is 0 Å². The molecule has 0 aliphatic carbocycles. The summed E-state index contributed by atoms with van der Waals surface area (Å²) < 4.78 is 2.14. The van der Waals surface area contributed by atoms with Gasteiger partial charge in [0.15, 0.2) is 11.0 Å². The van der Waals surface area contributed by atoms with Gasteiger partial charge in [0.1, 0.15) is 5.01 Å². The molecule has 3 aromatic heterocycles. The highest BCUT2D eigenvalue weighted by molar-refractivity contribution is 7.98. The van der Waals surface area contributed by atoms with E-state index < -0.39 is 0 Å². The number of rotatable bonds is 7. The summed E-state index contributed by atoms with van der Waals surface area (Å²) in [6.07, 6.45) is 3.58. The van der Waals surface area contributed by atoms with Gasteiger partial charge in [-0.25, -0.2) is 4.98 Å². The first-order chi connectivity index (χ1) is 15.8. The van der Waals surface area contributed by atoms with Crippen molar-refractivity contribution in [1.29, 1.82) is 0 Å². The highest BCUT2D eigenvalue weighted by atomic mass is 35.5. The second-order valence-corrected chi connectivity index (χ2v) is 9.30. The van der Waals surface area contributed by atoms with Gasteiger partial charge in [-0.15, -0.1) is 21.5 Å². The van der Waals surface area contributed by atoms with Crippen LogP contribution in [-0.4, -0.2) is 24.7 Å². The fraction of sp³-hybridized carbons (Fsp3) is 0.0833. The molecule has 5 aromatic rings. The quantitative estimate of drug-likeness (QED) is 0.253. The largest absolute Gasteiger partial charge is 0.297 e. The summed E-state index contributed by atoms with van der Waals surface area (Å²) in [5.74, 6) is 1.52. The molecule has 3 heterocycles. The Morgan fingerprint density at radius 2 is 1.75 bits per heavy atom. The molecule has 5 rings (SSSR count). The van der Waals surface area contributed by atoms with Crippen molar-refractivity contribution in [3.8, 4) is 22.0 Å². The molecule has 0 N–H and O–H groups in total. The molecular weight excluding hydrogens is 458 g/mol. The van der Waals surface area contributed by atoms with Crippen LogP contribution in [0.5, 0.6) is 0 Å². The second-order valence-electron chi connectivity index (χ2n) is 7.06. The first kappa shape index (κ1) is 20.9. The van der Waals surface area contributed by atoms with Crippen LogP contribution in [0.15, 0.2) is 89.7 Å². The second kappa shape index (κ2) is 9.65. The topological polar surface area (TPSA) is 56.5 Å². The molecule has 0 fully saturated rings. The Labute approximate surface area is 199 Å². The van der Waals surface area contributed by atoms with Crippen molar-refractivity contribution in [3.05, 3.63) is 101 Å². The number of hydrogen-bond acceptors (Lipinski definition) is 6. The average Bonchev–Trinajstić information content (AvgIpc) is 3.47. The van der Waals surface area contributed by atoms with Gasteiger partial charge in [-0.1, -0.05) is 65.8 Å². The third kappa shape index (κ3) is 4.75. The normalized spacial score (nSPS) is 11.0. The predicted octanol–water partition coefficient (Wildman–Crippen LogP) is 6.46. The lowest BCUT2D eigenvalue weighted by molar-refractivity contribution is 0.714. The van der Waals surface area contributed by atoms with Gasteiger partial charge in [-0.05, 0) is 29.8 Å². The Bertz CT molecular complexity index is 1300. The monoisotopic (exact) mass is 475 g/mol. The summed E-state index contributed by atoms with van der Waals surface area (Å²) in [6, 6.07) is 22.0. The molecule has 0 spiro atoms. The lowest BCUT2D eigenvalue weighted by Gasteiger charge is -2.10. The SMILES string of the molecule is Clc1ccc(-c2nc(CSc3nnc(-c4cccnc4)n3Cc3ccccc3)cs2)cc1. The maximum atomic E-state index is 6.00. The number of hydrogen-bond donors (Lipinski definition) is 0. The number of nitrogens with zero attached hydrogens (tertiary/aromatic N) is 5. The van der Waals surface area contributed by atoms with E-state index in [0.29, 0.717) is 12.3 Å². The molecule has 8 heteroatoms. The van der Waals surface area contributed by atoms with Crippen molar-refractivity contribution in [3.63, 3.8) is 0 Å². The van der Waals surface area contributed by atoms with Gasteiger partial charge in [-0.2, -0.15) is 0 Å². The summed E-state index contributed by atoms with van der Waals surface area (Å²) in [7, 11) is 0. The van der Waals surface area contributed by atoms with Crippen molar-refractivity contribution in [2.75, 3.05) is 0 Å². The third-order valence-corrected chi connectivity index (χ3v) is 7.00. The van der Waals surface area contributed by atoms with Crippen LogP contribution >= 0.6 is 34.7 Å². The van der Waals surface area contributed by atoms with Crippen molar-refractivity contribution in [1.82, 2.24) is 24.7 Å². The van der Waals surface area contributed by atoms with Gasteiger partial charge in [0.25, 0.3) is 0 Å². The molecule has 32 heavy (non-hydrogen) atoms. The summed E-state index contributed by atoms with van der Waals surface area (Å²) in [4.78, 5) is 9.04. The molecule has 158 valence electrons. The van der Waals surface area contributed by atoms with Crippen LogP contribution < -0.4 is 0 Å². The van der Waals surface area contributed by atoms with Gasteiger partial charge >= 0.3 is 0 Å². The summed E-state index contributed by atoms with van der Waals surface area (Å²) in [5, 5.41) is 13.6. The molecule has 0 bridgehead atoms. The molecular formula is C24H18ClN5S2. The van der Waals surface area contributed by atoms with E-state index >= 15 is 0 Å². The fourth-order valence-electron chi connectivity index (χ4n) is 3.25. The van der Waals surface area contributed by atoms with Gasteiger partial charge in [0.05, 0.1) is 12.2 Å². The van der Waals surface area contributed by atoms with Crippen molar-refractivity contribution in [2.24, 2.45) is 0 Å². The van der Waals surface area contributed by atoms with E-state index in [1.54, 1.807) is 29.3 Å². The van der Waals surface area contributed by atoms with Gasteiger partial charge in [0, 0.05) is 39.7 Å². The molecule has 0 aliphatic rings. The minimum Gasteiger partial charge on any atom is -0.297 e. The Morgan fingerprint density at radius 1 is 0.906 bits per heavy atom. The van der Waals surface area contributed by atoms with Crippen LogP contribution in [0.4, 0.5) is 0 Å². The first-order valence-electron chi connectivity index (χ1n) is 9.97. The fourth-order valence-corrected chi connectivity index (χ4v) is 5.14. The summed E-state index contributed by atoms with van der Waals surface area (Å²) >= 11 is 9.27. The van der Waals surface area contributed by atoms with Gasteiger partial charge < -0.3 is 0 Å². The van der Waals surface area contributed by atoms with Crippen molar-refractivity contribution >= 4 is 34.7 Å². The van der Waals surface area contributed by atoms with Crippen molar-refractivity contribution in [2.45, 2.75) is 17.5 Å². The number of thiazole rings is 1. The Balaban J connectivity index is 1.39. The van der Waals surface area contributed by atoms with E-state index in [9.17, 15) is 0 Å². The molecule has 0 unspecified atom stereocenters. The van der Waals surface area contributed by atoms with E-state index in [1.165, 1.54) is 5.56 Å². The van der Waals surface area contributed by atoms with E-state index in [2.05, 4.69) is 37.3 Å². The summed E-state index contributed by atoms with van der Waals surface area (Å²) in [5.41, 5.74) is 4.23. The molecule has 0 amide bonds. The Hall–Kier alpha value is -3.00. The number of pyridine rings is 1. The average molecular weight is 476 g/mol. The Morgan fingerprint density at radius 3 is 2.53 bits per heavy atom. The maximum absolute atomic E-state index is 6.00. The minimum atomic E-state index is 0.688. The van der Waals surface area contributed by atoms with E-state index in [1.807, 2.05) is 60.8 Å². The molecule has 0 saturated heterocycles. The lowest BCUT2D eigenvalue weighted by atomic mass is 10.2. The van der Waals surface area contributed by atoms with Crippen LogP contribution in [-0.2, 0) is 12.3 Å². The molecule has 5 nitrogen and oxygen atoms in total. The van der Waals surface area contributed by atoms with Crippen LogP contribution in [0, 0.1) is 0 Å². The zero-order valence-corrected chi connectivity index (χ0v) is 19.3. The Kier molecular flexibility index (Phi) is 6.29. The maximum Gasteiger partial charge on any atom is 0.192 e. The van der Waals surface area contributed by atoms with Gasteiger partial charge in [-0.3, -0.25) is 9.55 Å². The zero-order chi connectivity index (χ0) is 21.8. The van der Waals surface area contributed by atoms with Crippen molar-refractivity contribution < 1.29 is 0 Å². The van der Waals surface area contributed by atoms with Crippen LogP contribution in [0.25, 0.3) is 22.0 Å². The number of thioether (sulfide) groups is 1. The van der Waals surface area contributed by atoms with E-state index in [0.717, 1.165) is 37.8 Å². The first-order valence-corrected chi connectivity index (χ1v) is 12.2. The molecule has 0 atom stereocenters. The molecule has 0 radical (unpaired) electrons. The molecule has 0 saturated carbocycles. The third-order valence-electron chi connectivity index (χ3n) is 4.81. The number of halogens is 1. The van der Waals surface area contributed by atoms with Crippen LogP contribution in [0.2, 0.25) is 5.02 Å². The molecule has 2 aromatic carbocycles.